The molecule has 0 aliphatic carbocycles. The van der Waals surface area contributed by atoms with Crippen molar-refractivity contribution in [3.8, 4) is 0 Å². The molecule has 2 heterocycles. The van der Waals surface area contributed by atoms with Crippen molar-refractivity contribution < 1.29 is 9.59 Å². The highest BCUT2D eigenvalue weighted by Crippen LogP contribution is 2.25. The normalized spacial score (nSPS) is 21.8. The summed E-state index contributed by atoms with van der Waals surface area (Å²) in [5, 5.41) is 6.98. The number of carbonyl (C=O) groups excluding carboxylic acids is 2. The molecule has 0 aromatic carbocycles. The van der Waals surface area contributed by atoms with Crippen LogP contribution in [0.25, 0.3) is 0 Å². The van der Waals surface area contributed by atoms with Crippen molar-refractivity contribution in [2.75, 3.05) is 0 Å². The van der Waals surface area contributed by atoms with Crippen LogP contribution in [-0.4, -0.2) is 38.1 Å². The van der Waals surface area contributed by atoms with Crippen molar-refractivity contribution in [3.63, 3.8) is 0 Å². The number of piperazine rings is 1. The molecule has 1 atom stereocenters. The summed E-state index contributed by atoms with van der Waals surface area (Å²) in [6.45, 7) is 8.06. The number of hydrogen-bond donors (Lipinski definition) is 1. The molecule has 1 saturated heterocycles. The van der Waals surface area contributed by atoms with Gasteiger partial charge in [-0.05, 0) is 26.2 Å². The standard InChI is InChI=1S/C15H24N4O2/c1-10(2)6-12-13(20)19(15(3,4)14(21)17-12)9-11-7-16-18(5)8-11/h7-8,10,12H,6,9H2,1-5H3,(H,17,21). The second-order valence-electron chi connectivity index (χ2n) is 6.66. The summed E-state index contributed by atoms with van der Waals surface area (Å²) >= 11 is 0. The molecule has 1 fully saturated rings. The average molecular weight is 292 g/mol. The number of nitrogens with zero attached hydrogens (tertiary/aromatic N) is 3. The molecule has 0 saturated carbocycles. The summed E-state index contributed by atoms with van der Waals surface area (Å²) in [7, 11) is 1.83. The maximum Gasteiger partial charge on any atom is 0.246 e. The quantitative estimate of drug-likeness (QED) is 0.902. The van der Waals surface area contributed by atoms with Gasteiger partial charge < -0.3 is 10.2 Å². The maximum absolute atomic E-state index is 12.7. The summed E-state index contributed by atoms with van der Waals surface area (Å²) in [5.74, 6) is 0.231. The lowest BCUT2D eigenvalue weighted by atomic mass is 9.92. The third kappa shape index (κ3) is 3.09. The van der Waals surface area contributed by atoms with E-state index in [1.165, 1.54) is 0 Å². The zero-order valence-corrected chi connectivity index (χ0v) is 13.4. The van der Waals surface area contributed by atoms with Gasteiger partial charge in [0.05, 0.1) is 6.20 Å². The lowest BCUT2D eigenvalue weighted by molar-refractivity contribution is -0.156. The van der Waals surface area contributed by atoms with E-state index in [9.17, 15) is 9.59 Å². The zero-order valence-electron chi connectivity index (χ0n) is 13.4. The van der Waals surface area contributed by atoms with Gasteiger partial charge in [0.1, 0.15) is 11.6 Å². The molecule has 1 N–H and O–H groups in total. The van der Waals surface area contributed by atoms with Gasteiger partial charge in [-0.2, -0.15) is 5.10 Å². The Balaban J connectivity index is 2.24. The van der Waals surface area contributed by atoms with Crippen molar-refractivity contribution in [1.82, 2.24) is 20.0 Å². The molecular weight excluding hydrogens is 268 g/mol. The third-order valence-electron chi connectivity index (χ3n) is 3.91. The Kier molecular flexibility index (Phi) is 4.07. The Morgan fingerprint density at radius 2 is 2.05 bits per heavy atom. The van der Waals surface area contributed by atoms with Crippen molar-refractivity contribution in [1.29, 1.82) is 0 Å². The maximum atomic E-state index is 12.7. The molecule has 6 heteroatoms. The molecule has 0 radical (unpaired) electrons. The molecule has 1 aromatic rings. The molecule has 1 aromatic heterocycles. The number of carbonyl (C=O) groups is 2. The van der Waals surface area contributed by atoms with Crippen LogP contribution in [0.3, 0.4) is 0 Å². The fourth-order valence-electron chi connectivity index (χ4n) is 2.63. The summed E-state index contributed by atoms with van der Waals surface area (Å²) in [4.78, 5) is 26.7. The first-order chi connectivity index (χ1) is 9.71. The minimum atomic E-state index is -0.847. The van der Waals surface area contributed by atoms with Crippen molar-refractivity contribution in [2.24, 2.45) is 13.0 Å². The molecule has 1 aliphatic heterocycles. The number of aryl methyl sites for hydroxylation is 1. The number of aromatic nitrogens is 2. The summed E-state index contributed by atoms with van der Waals surface area (Å²) in [6.07, 6.45) is 4.25. The van der Waals surface area contributed by atoms with E-state index in [1.807, 2.05) is 27.1 Å². The van der Waals surface area contributed by atoms with Gasteiger partial charge in [0.15, 0.2) is 0 Å². The predicted molar refractivity (Wildman–Crippen MR) is 79.2 cm³/mol. The van der Waals surface area contributed by atoms with Gasteiger partial charge in [-0.3, -0.25) is 14.3 Å². The van der Waals surface area contributed by atoms with Crippen LogP contribution < -0.4 is 5.32 Å². The fraction of sp³-hybridized carbons (Fsp3) is 0.667. The molecule has 2 rings (SSSR count). The van der Waals surface area contributed by atoms with Gasteiger partial charge in [-0.15, -0.1) is 0 Å². The van der Waals surface area contributed by atoms with E-state index >= 15 is 0 Å². The minimum Gasteiger partial charge on any atom is -0.342 e. The van der Waals surface area contributed by atoms with Crippen LogP contribution in [-0.2, 0) is 23.2 Å². The Morgan fingerprint density at radius 3 is 2.57 bits per heavy atom. The lowest BCUT2D eigenvalue weighted by Crippen LogP contribution is -2.68. The van der Waals surface area contributed by atoms with Crippen LogP contribution in [0.5, 0.6) is 0 Å². The Labute approximate surface area is 125 Å². The second kappa shape index (κ2) is 5.50. The van der Waals surface area contributed by atoms with Gasteiger partial charge in [0, 0.05) is 25.4 Å². The van der Waals surface area contributed by atoms with E-state index < -0.39 is 11.6 Å². The van der Waals surface area contributed by atoms with E-state index in [2.05, 4.69) is 10.4 Å². The Morgan fingerprint density at radius 1 is 1.38 bits per heavy atom. The molecule has 0 spiro atoms. The molecule has 6 nitrogen and oxygen atoms in total. The molecule has 1 aliphatic rings. The van der Waals surface area contributed by atoms with Gasteiger partial charge in [-0.1, -0.05) is 13.8 Å². The Hall–Kier alpha value is -1.85. The Bertz CT molecular complexity index is 548. The first-order valence-corrected chi connectivity index (χ1v) is 7.31. The number of hydrogen-bond acceptors (Lipinski definition) is 3. The predicted octanol–water partition coefficient (Wildman–Crippen LogP) is 1.07. The van der Waals surface area contributed by atoms with Crippen molar-refractivity contribution in [2.45, 2.75) is 52.2 Å². The number of nitrogens with one attached hydrogen (secondary N) is 1. The molecule has 116 valence electrons. The molecule has 1 unspecified atom stereocenters. The fourth-order valence-corrected chi connectivity index (χ4v) is 2.63. The smallest absolute Gasteiger partial charge is 0.246 e. The van der Waals surface area contributed by atoms with E-state index in [0.717, 1.165) is 5.56 Å². The number of rotatable bonds is 4. The minimum absolute atomic E-state index is 0.0165. The van der Waals surface area contributed by atoms with Gasteiger partial charge in [-0.25, -0.2) is 0 Å². The highest BCUT2D eigenvalue weighted by Gasteiger charge is 2.46. The lowest BCUT2D eigenvalue weighted by Gasteiger charge is -2.44. The van der Waals surface area contributed by atoms with Crippen LogP contribution in [0.15, 0.2) is 12.4 Å². The third-order valence-corrected chi connectivity index (χ3v) is 3.91. The van der Waals surface area contributed by atoms with Gasteiger partial charge >= 0.3 is 0 Å². The van der Waals surface area contributed by atoms with Gasteiger partial charge in [0.2, 0.25) is 11.8 Å². The molecule has 21 heavy (non-hydrogen) atoms. The van der Waals surface area contributed by atoms with E-state index in [4.69, 9.17) is 0 Å². The van der Waals surface area contributed by atoms with Crippen LogP contribution in [0, 0.1) is 5.92 Å². The molecular formula is C15H24N4O2. The highest BCUT2D eigenvalue weighted by atomic mass is 16.2. The second-order valence-corrected chi connectivity index (χ2v) is 6.66. The number of amides is 2. The van der Waals surface area contributed by atoms with E-state index in [1.54, 1.807) is 29.6 Å². The van der Waals surface area contributed by atoms with Crippen molar-refractivity contribution >= 4 is 11.8 Å². The monoisotopic (exact) mass is 292 g/mol. The first-order valence-electron chi connectivity index (χ1n) is 7.31. The van der Waals surface area contributed by atoms with E-state index in [-0.39, 0.29) is 11.8 Å². The molecule has 0 bridgehead atoms. The largest absolute Gasteiger partial charge is 0.342 e. The zero-order chi connectivity index (χ0) is 15.8. The summed E-state index contributed by atoms with van der Waals surface area (Å²) < 4.78 is 1.70. The molecule has 2 amide bonds. The van der Waals surface area contributed by atoms with Crippen LogP contribution in [0.1, 0.15) is 39.7 Å². The van der Waals surface area contributed by atoms with Crippen LogP contribution in [0.2, 0.25) is 0 Å². The van der Waals surface area contributed by atoms with E-state index in [0.29, 0.717) is 18.9 Å². The van der Waals surface area contributed by atoms with Crippen molar-refractivity contribution in [3.05, 3.63) is 18.0 Å². The summed E-state index contributed by atoms with van der Waals surface area (Å²) in [6, 6.07) is -0.429. The topological polar surface area (TPSA) is 67.2 Å². The average Bonchev–Trinajstić information content (AvgIpc) is 2.77. The SMILES string of the molecule is CC(C)CC1NC(=O)C(C)(C)N(Cc2cnn(C)c2)C1=O. The first kappa shape index (κ1) is 15.5. The van der Waals surface area contributed by atoms with Gasteiger partial charge in [0.25, 0.3) is 0 Å². The van der Waals surface area contributed by atoms with Crippen LogP contribution in [0.4, 0.5) is 0 Å². The highest BCUT2D eigenvalue weighted by molar-refractivity contribution is 5.99. The summed E-state index contributed by atoms with van der Waals surface area (Å²) in [5.41, 5.74) is 0.0809. The van der Waals surface area contributed by atoms with Crippen LogP contribution >= 0.6 is 0 Å².